The molecule has 1 amide bonds. The number of carbonyl (C=O) groups is 1. The Hall–Kier alpha value is -0.0300. The number of hydrogen-bond acceptors (Lipinski definition) is 3. The third-order valence-electron chi connectivity index (χ3n) is 4.02. The van der Waals surface area contributed by atoms with Crippen molar-refractivity contribution in [2.24, 2.45) is 0 Å². The molecule has 2 unspecified atom stereocenters. The van der Waals surface area contributed by atoms with Crippen molar-refractivity contribution in [2.75, 3.05) is 26.2 Å². The van der Waals surface area contributed by atoms with Crippen LogP contribution in [-0.4, -0.2) is 49.1 Å². The Balaban J connectivity index is 0. The molecule has 1 heterocycles. The third-order valence-corrected chi connectivity index (χ3v) is 4.02. The second kappa shape index (κ2) is 13.6. The van der Waals surface area contributed by atoms with Gasteiger partial charge in [-0.1, -0.05) is 20.3 Å². The number of amides is 1. The van der Waals surface area contributed by atoms with Crippen LogP contribution >= 0.6 is 24.8 Å². The van der Waals surface area contributed by atoms with E-state index in [1.165, 1.54) is 12.8 Å². The fourth-order valence-corrected chi connectivity index (χ4v) is 2.65. The first-order valence-electron chi connectivity index (χ1n) is 7.93. The number of hydrogen-bond donors (Lipinski definition) is 2. The van der Waals surface area contributed by atoms with Crippen LogP contribution in [0, 0.1) is 0 Å². The van der Waals surface area contributed by atoms with Gasteiger partial charge >= 0.3 is 0 Å². The molecule has 4 nitrogen and oxygen atoms in total. The van der Waals surface area contributed by atoms with Gasteiger partial charge in [-0.25, -0.2) is 0 Å². The molecule has 2 atom stereocenters. The maximum absolute atomic E-state index is 12.0. The summed E-state index contributed by atoms with van der Waals surface area (Å²) in [6.45, 7) is 10.9. The second-order valence-electron chi connectivity index (χ2n) is 5.58. The summed E-state index contributed by atoms with van der Waals surface area (Å²) in [5.74, 6) is 0.190. The van der Waals surface area contributed by atoms with Crippen molar-refractivity contribution in [3.63, 3.8) is 0 Å². The van der Waals surface area contributed by atoms with Crippen LogP contribution in [0.15, 0.2) is 0 Å². The molecule has 1 rings (SSSR count). The lowest BCUT2D eigenvalue weighted by Gasteiger charge is -2.25. The summed E-state index contributed by atoms with van der Waals surface area (Å²) in [6, 6.07) is 0.325. The molecule has 6 heteroatoms. The van der Waals surface area contributed by atoms with E-state index in [-0.39, 0.29) is 42.8 Å². The van der Waals surface area contributed by atoms with E-state index >= 15 is 0 Å². The van der Waals surface area contributed by atoms with Crippen LogP contribution in [0.3, 0.4) is 0 Å². The molecule has 0 bridgehead atoms. The number of nitrogens with zero attached hydrogens (tertiary/aromatic N) is 1. The Morgan fingerprint density at radius 3 is 2.48 bits per heavy atom. The first-order chi connectivity index (χ1) is 9.17. The van der Waals surface area contributed by atoms with Gasteiger partial charge in [0.1, 0.15) is 0 Å². The Bertz CT molecular complexity index is 257. The summed E-state index contributed by atoms with van der Waals surface area (Å²) in [4.78, 5) is 14.5. The number of halogens is 2. The van der Waals surface area contributed by atoms with Crippen LogP contribution < -0.4 is 10.6 Å². The minimum atomic E-state index is 0. The fraction of sp³-hybridized carbons (Fsp3) is 0.933. The molecular weight excluding hydrogens is 309 g/mol. The van der Waals surface area contributed by atoms with Gasteiger partial charge in [-0.3, -0.25) is 4.79 Å². The Kier molecular flexibility index (Phi) is 15.1. The monoisotopic (exact) mass is 341 g/mol. The third kappa shape index (κ3) is 9.56. The summed E-state index contributed by atoms with van der Waals surface area (Å²) < 4.78 is 0. The van der Waals surface area contributed by atoms with Gasteiger partial charge in [0.15, 0.2) is 0 Å². The average Bonchev–Trinajstić information content (AvgIpc) is 2.44. The first-order valence-corrected chi connectivity index (χ1v) is 7.93. The smallest absolute Gasteiger partial charge is 0.237 e. The van der Waals surface area contributed by atoms with E-state index in [2.05, 4.69) is 36.3 Å². The SMILES string of the molecule is CCN(CC)CCCC(C)NC(=O)C1CCCCN1.Cl.Cl. The quantitative estimate of drug-likeness (QED) is 0.713. The molecule has 1 fully saturated rings. The van der Waals surface area contributed by atoms with Crippen molar-refractivity contribution in [1.29, 1.82) is 0 Å². The second-order valence-corrected chi connectivity index (χ2v) is 5.58. The summed E-state index contributed by atoms with van der Waals surface area (Å²) in [7, 11) is 0. The van der Waals surface area contributed by atoms with Gasteiger partial charge < -0.3 is 15.5 Å². The van der Waals surface area contributed by atoms with E-state index in [0.29, 0.717) is 0 Å². The predicted octanol–water partition coefficient (Wildman–Crippen LogP) is 2.60. The van der Waals surface area contributed by atoms with Crippen LogP contribution in [0.2, 0.25) is 0 Å². The van der Waals surface area contributed by atoms with Gasteiger partial charge in [-0.15, -0.1) is 24.8 Å². The molecule has 1 aliphatic rings. The molecule has 0 spiro atoms. The minimum Gasteiger partial charge on any atom is -0.352 e. The number of rotatable bonds is 8. The van der Waals surface area contributed by atoms with E-state index in [4.69, 9.17) is 0 Å². The molecule has 0 aromatic rings. The van der Waals surface area contributed by atoms with Gasteiger partial charge in [0.05, 0.1) is 6.04 Å². The normalized spacial score (nSPS) is 19.3. The van der Waals surface area contributed by atoms with E-state index < -0.39 is 0 Å². The number of carbonyl (C=O) groups excluding carboxylic acids is 1. The summed E-state index contributed by atoms with van der Waals surface area (Å²) in [5, 5.41) is 6.44. The molecule has 0 radical (unpaired) electrons. The highest BCUT2D eigenvalue weighted by molar-refractivity contribution is 5.85. The van der Waals surface area contributed by atoms with Crippen LogP contribution in [0.4, 0.5) is 0 Å². The first kappa shape index (κ1) is 23.2. The van der Waals surface area contributed by atoms with Crippen molar-refractivity contribution < 1.29 is 4.79 Å². The molecule has 21 heavy (non-hydrogen) atoms. The lowest BCUT2D eigenvalue weighted by molar-refractivity contribution is -0.124. The molecular formula is C15H33Cl2N3O. The Labute approximate surface area is 142 Å². The van der Waals surface area contributed by atoms with Gasteiger partial charge in [-0.2, -0.15) is 0 Å². The van der Waals surface area contributed by atoms with Crippen molar-refractivity contribution in [3.05, 3.63) is 0 Å². The van der Waals surface area contributed by atoms with E-state index in [0.717, 1.165) is 45.4 Å². The summed E-state index contributed by atoms with van der Waals surface area (Å²) >= 11 is 0. The highest BCUT2D eigenvalue weighted by Gasteiger charge is 2.21. The lowest BCUT2D eigenvalue weighted by Crippen LogP contribution is -2.49. The zero-order chi connectivity index (χ0) is 14.1. The van der Waals surface area contributed by atoms with Crippen LogP contribution in [0.1, 0.15) is 52.9 Å². The maximum Gasteiger partial charge on any atom is 0.237 e. The highest BCUT2D eigenvalue weighted by atomic mass is 35.5. The Morgan fingerprint density at radius 1 is 1.29 bits per heavy atom. The summed E-state index contributed by atoms with van der Waals surface area (Å²) in [5.41, 5.74) is 0. The van der Waals surface area contributed by atoms with Crippen LogP contribution in [0.5, 0.6) is 0 Å². The Morgan fingerprint density at radius 2 is 1.95 bits per heavy atom. The largest absolute Gasteiger partial charge is 0.352 e. The van der Waals surface area contributed by atoms with Crippen molar-refractivity contribution >= 4 is 30.7 Å². The minimum absolute atomic E-state index is 0. The zero-order valence-corrected chi connectivity index (χ0v) is 15.3. The topological polar surface area (TPSA) is 44.4 Å². The van der Waals surface area contributed by atoms with E-state index in [1.807, 2.05) is 0 Å². The van der Waals surface area contributed by atoms with Gasteiger partial charge in [0, 0.05) is 6.04 Å². The average molecular weight is 342 g/mol. The standard InChI is InChI=1S/C15H31N3O.2ClH/c1-4-18(5-2)12-8-9-13(3)17-15(19)14-10-6-7-11-16-14;;/h13-14,16H,4-12H2,1-3H3,(H,17,19);2*1H. The molecule has 0 saturated carbocycles. The number of nitrogens with one attached hydrogen (secondary N) is 2. The van der Waals surface area contributed by atoms with Crippen molar-refractivity contribution in [2.45, 2.75) is 65.0 Å². The molecule has 2 N–H and O–H groups in total. The zero-order valence-electron chi connectivity index (χ0n) is 13.7. The number of piperidine rings is 1. The van der Waals surface area contributed by atoms with Crippen LogP contribution in [0.25, 0.3) is 0 Å². The van der Waals surface area contributed by atoms with Crippen molar-refractivity contribution in [1.82, 2.24) is 15.5 Å². The molecule has 0 aromatic heterocycles. The maximum atomic E-state index is 12.0. The van der Waals surface area contributed by atoms with Gasteiger partial charge in [0.25, 0.3) is 0 Å². The molecule has 1 aliphatic heterocycles. The van der Waals surface area contributed by atoms with E-state index in [9.17, 15) is 4.79 Å². The highest BCUT2D eigenvalue weighted by Crippen LogP contribution is 2.08. The molecule has 0 aliphatic carbocycles. The van der Waals surface area contributed by atoms with Gasteiger partial charge in [0.2, 0.25) is 5.91 Å². The predicted molar refractivity (Wildman–Crippen MR) is 94.8 cm³/mol. The fourth-order valence-electron chi connectivity index (χ4n) is 2.65. The molecule has 1 saturated heterocycles. The molecule has 128 valence electrons. The summed E-state index contributed by atoms with van der Waals surface area (Å²) in [6.07, 6.45) is 5.57. The van der Waals surface area contributed by atoms with Crippen LogP contribution in [-0.2, 0) is 4.79 Å². The van der Waals surface area contributed by atoms with E-state index in [1.54, 1.807) is 0 Å². The molecule has 0 aromatic carbocycles. The van der Waals surface area contributed by atoms with Gasteiger partial charge in [-0.05, 0) is 58.8 Å². The lowest BCUT2D eigenvalue weighted by atomic mass is 10.0. The van der Waals surface area contributed by atoms with Crippen molar-refractivity contribution in [3.8, 4) is 0 Å².